The number of carboxylic acid groups (broad SMARTS) is 1. The van der Waals surface area contributed by atoms with Crippen LogP contribution in [0.25, 0.3) is 0 Å². The third-order valence-corrected chi connectivity index (χ3v) is 7.00. The Balaban J connectivity index is 0.000000473. The lowest BCUT2D eigenvalue weighted by Crippen LogP contribution is -2.26. The molecule has 1 aliphatic heterocycles. The van der Waals surface area contributed by atoms with Crippen LogP contribution < -0.4 is 0 Å². The molecule has 1 atom stereocenters. The monoisotopic (exact) mass is 507 g/mol. The van der Waals surface area contributed by atoms with Crippen molar-refractivity contribution in [2.45, 2.75) is 92.2 Å². The summed E-state index contributed by atoms with van der Waals surface area (Å²) in [5.74, 6) is 2.26. The largest absolute Gasteiger partial charge is 0.483 e. The highest BCUT2D eigenvalue weighted by Gasteiger charge is 2.30. The van der Waals surface area contributed by atoms with Crippen molar-refractivity contribution in [2.24, 2.45) is 17.8 Å². The average molecular weight is 508 g/mol. The van der Waals surface area contributed by atoms with Gasteiger partial charge in [0.15, 0.2) is 0 Å². The Labute approximate surface area is 210 Å². The molecule has 0 spiro atoms. The van der Waals surface area contributed by atoms with Gasteiger partial charge in [-0.15, -0.1) is 0 Å². The van der Waals surface area contributed by atoms with Crippen molar-refractivity contribution < 1.29 is 23.1 Å². The lowest BCUT2D eigenvalue weighted by atomic mass is 9.88. The molecule has 3 rings (SSSR count). The summed E-state index contributed by atoms with van der Waals surface area (Å²) in [6.45, 7) is 12.2. The van der Waals surface area contributed by atoms with Crippen LogP contribution in [0.2, 0.25) is 5.02 Å². The minimum atomic E-state index is -4.00. The van der Waals surface area contributed by atoms with Gasteiger partial charge in [-0.3, -0.25) is 4.79 Å². The molecule has 198 valence electrons. The zero-order valence-corrected chi connectivity index (χ0v) is 22.4. The van der Waals surface area contributed by atoms with E-state index in [1.165, 1.54) is 44.1 Å². The van der Waals surface area contributed by atoms with Gasteiger partial charge < -0.3 is 10.0 Å². The molecule has 0 aromatic heterocycles. The molecule has 0 radical (unpaired) electrons. The molecule has 1 unspecified atom stereocenters. The highest BCUT2D eigenvalue weighted by Crippen LogP contribution is 2.26. The number of likely N-dealkylation sites (tertiary alicyclic amines) is 1. The van der Waals surface area contributed by atoms with Crippen molar-refractivity contribution in [3.8, 4) is 0 Å². The Kier molecular flexibility index (Phi) is 17.4. The van der Waals surface area contributed by atoms with E-state index >= 15 is 0 Å². The Morgan fingerprint density at radius 3 is 2.12 bits per heavy atom. The Morgan fingerprint density at radius 2 is 1.74 bits per heavy atom. The number of halogens is 4. The number of rotatable bonds is 4. The maximum Gasteiger partial charge on any atom is 0.390 e. The van der Waals surface area contributed by atoms with Crippen LogP contribution in [0.5, 0.6) is 0 Å². The SMILES string of the molecule is CC(C)C1CCN(CCC(F)(F)F)C1.CCC1CCCCC1.Cc1ccc(C)c(Cl)c1.O=CO. The molecule has 2 fully saturated rings. The molecule has 1 aromatic rings. The predicted molar refractivity (Wildman–Crippen MR) is 137 cm³/mol. The first-order valence-corrected chi connectivity index (χ1v) is 12.9. The molecule has 34 heavy (non-hydrogen) atoms. The zero-order chi connectivity index (χ0) is 26.1. The first-order chi connectivity index (χ1) is 15.9. The summed E-state index contributed by atoms with van der Waals surface area (Å²) < 4.78 is 35.8. The van der Waals surface area contributed by atoms with E-state index in [2.05, 4.69) is 26.8 Å². The van der Waals surface area contributed by atoms with Crippen molar-refractivity contribution >= 4 is 18.1 Å². The molecule has 1 N–H and O–H groups in total. The summed E-state index contributed by atoms with van der Waals surface area (Å²) in [7, 11) is 0. The van der Waals surface area contributed by atoms with Crippen LogP contribution in [0.3, 0.4) is 0 Å². The molecule has 1 saturated heterocycles. The van der Waals surface area contributed by atoms with E-state index in [4.69, 9.17) is 21.5 Å². The predicted octanol–water partition coefficient (Wildman–Crippen LogP) is 8.55. The molecular formula is C27H45ClF3NO2. The number of hydrogen-bond donors (Lipinski definition) is 1. The first kappa shape index (κ1) is 32.7. The molecule has 0 bridgehead atoms. The second-order valence-electron chi connectivity index (χ2n) is 9.73. The fourth-order valence-electron chi connectivity index (χ4n) is 4.19. The van der Waals surface area contributed by atoms with Crippen molar-refractivity contribution in [3.05, 3.63) is 34.3 Å². The van der Waals surface area contributed by atoms with Crippen molar-refractivity contribution in [2.75, 3.05) is 19.6 Å². The molecule has 1 heterocycles. The van der Waals surface area contributed by atoms with E-state index in [1.807, 2.05) is 30.9 Å². The molecule has 2 aliphatic rings. The van der Waals surface area contributed by atoms with Crippen molar-refractivity contribution in [1.82, 2.24) is 4.90 Å². The highest BCUT2D eigenvalue weighted by molar-refractivity contribution is 6.31. The van der Waals surface area contributed by atoms with Gasteiger partial charge in [0.25, 0.3) is 6.47 Å². The minimum absolute atomic E-state index is 0.173. The fourth-order valence-corrected chi connectivity index (χ4v) is 4.42. The lowest BCUT2D eigenvalue weighted by molar-refractivity contribution is -0.137. The van der Waals surface area contributed by atoms with Crippen molar-refractivity contribution in [1.29, 1.82) is 0 Å². The molecule has 0 amide bonds. The second-order valence-corrected chi connectivity index (χ2v) is 10.1. The standard InChI is InChI=1S/C10H18F3N.C8H9Cl.C8H16.CH2O2/c1-8(2)9-3-5-14(7-9)6-4-10(11,12)13;1-6-3-4-7(2)8(9)5-6;1-2-8-6-4-3-5-7-8;2-1-3/h8-9H,3-7H2,1-2H3;3-5H,1-2H3;8H,2-7H2,1H3;1H,(H,2,3). The van der Waals surface area contributed by atoms with Crippen LogP contribution in [-0.4, -0.2) is 42.3 Å². The quantitative estimate of drug-likeness (QED) is 0.415. The number of aryl methyl sites for hydroxylation is 2. The van der Waals surface area contributed by atoms with E-state index in [0.717, 1.165) is 36.0 Å². The van der Waals surface area contributed by atoms with Gasteiger partial charge in [0.05, 0.1) is 6.42 Å². The number of hydrogen-bond acceptors (Lipinski definition) is 2. The van der Waals surface area contributed by atoms with Crippen LogP contribution >= 0.6 is 11.6 Å². The topological polar surface area (TPSA) is 40.5 Å². The molecule has 3 nitrogen and oxygen atoms in total. The Bertz CT molecular complexity index is 662. The van der Waals surface area contributed by atoms with E-state index in [9.17, 15) is 13.2 Å². The van der Waals surface area contributed by atoms with Gasteiger partial charge in [-0.1, -0.05) is 83.0 Å². The summed E-state index contributed by atoms with van der Waals surface area (Å²) >= 11 is 5.81. The molecule has 1 saturated carbocycles. The fraction of sp³-hybridized carbons (Fsp3) is 0.741. The van der Waals surface area contributed by atoms with Crippen LogP contribution in [0.1, 0.15) is 83.3 Å². The van der Waals surface area contributed by atoms with Crippen LogP contribution in [0, 0.1) is 31.6 Å². The number of nitrogens with zero attached hydrogens (tertiary/aromatic N) is 1. The smallest absolute Gasteiger partial charge is 0.390 e. The van der Waals surface area contributed by atoms with E-state index in [0.29, 0.717) is 11.8 Å². The number of carbonyl (C=O) groups is 1. The average Bonchev–Trinajstić information content (AvgIpc) is 3.26. The maximum atomic E-state index is 11.9. The number of benzene rings is 1. The lowest BCUT2D eigenvalue weighted by Gasteiger charge is -2.18. The second kappa shape index (κ2) is 18.1. The van der Waals surface area contributed by atoms with E-state index in [1.54, 1.807) is 0 Å². The summed E-state index contributed by atoms with van der Waals surface area (Å²) in [5, 5.41) is 7.75. The number of alkyl halides is 3. The van der Waals surface area contributed by atoms with Gasteiger partial charge in [0.1, 0.15) is 0 Å². The Morgan fingerprint density at radius 1 is 1.15 bits per heavy atom. The van der Waals surface area contributed by atoms with Crippen LogP contribution in [-0.2, 0) is 4.79 Å². The third-order valence-electron chi connectivity index (χ3n) is 6.59. The molecule has 7 heteroatoms. The summed E-state index contributed by atoms with van der Waals surface area (Å²) in [6, 6.07) is 6.05. The van der Waals surface area contributed by atoms with Crippen molar-refractivity contribution in [3.63, 3.8) is 0 Å². The summed E-state index contributed by atoms with van der Waals surface area (Å²) in [4.78, 5) is 10.3. The van der Waals surface area contributed by atoms with Gasteiger partial charge in [0.2, 0.25) is 0 Å². The van der Waals surface area contributed by atoms with Gasteiger partial charge in [-0.05, 0) is 61.8 Å². The minimum Gasteiger partial charge on any atom is -0.483 e. The first-order valence-electron chi connectivity index (χ1n) is 12.5. The normalized spacial score (nSPS) is 18.7. The van der Waals surface area contributed by atoms with Gasteiger partial charge in [-0.2, -0.15) is 13.2 Å². The highest BCUT2D eigenvalue weighted by atomic mass is 35.5. The van der Waals surface area contributed by atoms with Gasteiger partial charge >= 0.3 is 6.18 Å². The maximum absolute atomic E-state index is 11.9. The third kappa shape index (κ3) is 16.4. The van der Waals surface area contributed by atoms with Gasteiger partial charge in [0, 0.05) is 18.1 Å². The molecule has 1 aliphatic carbocycles. The summed E-state index contributed by atoms with van der Waals surface area (Å²) in [6.07, 6.45) is 5.31. The van der Waals surface area contributed by atoms with Crippen LogP contribution in [0.4, 0.5) is 13.2 Å². The zero-order valence-electron chi connectivity index (χ0n) is 21.6. The van der Waals surface area contributed by atoms with Crippen LogP contribution in [0.15, 0.2) is 18.2 Å². The molecule has 1 aromatic carbocycles. The van der Waals surface area contributed by atoms with E-state index < -0.39 is 12.6 Å². The Hall–Kier alpha value is -1.27. The van der Waals surface area contributed by atoms with Gasteiger partial charge in [-0.25, -0.2) is 0 Å². The van der Waals surface area contributed by atoms with E-state index in [-0.39, 0.29) is 13.0 Å². The molecular weight excluding hydrogens is 463 g/mol. The summed E-state index contributed by atoms with van der Waals surface area (Å²) in [5.41, 5.74) is 2.35.